The number of aromatic nitrogens is 2. The van der Waals surface area contributed by atoms with Gasteiger partial charge in [0.1, 0.15) is 5.75 Å². The molecule has 3 rings (SSSR count). The van der Waals surface area contributed by atoms with E-state index in [1.807, 2.05) is 36.0 Å². The van der Waals surface area contributed by atoms with Gasteiger partial charge in [-0.15, -0.1) is 24.0 Å². The summed E-state index contributed by atoms with van der Waals surface area (Å²) >= 11 is 0. The molecule has 0 bridgehead atoms. The fraction of sp³-hybridized carbons (Fsp3) is 0.261. The van der Waals surface area contributed by atoms with Crippen LogP contribution < -0.4 is 16.0 Å². The molecule has 0 aliphatic heterocycles. The summed E-state index contributed by atoms with van der Waals surface area (Å²) in [4.78, 5) is 16.8. The molecule has 2 aromatic carbocycles. The molecule has 0 saturated carbocycles. The van der Waals surface area contributed by atoms with E-state index in [0.29, 0.717) is 37.7 Å². The third-order valence-corrected chi connectivity index (χ3v) is 4.59. The van der Waals surface area contributed by atoms with Gasteiger partial charge in [-0.2, -0.15) is 5.10 Å². The fourth-order valence-electron chi connectivity index (χ4n) is 3.01. The SMILES string of the molecule is CCNC(=NCc1ccccc1Cn1cccn1)NCCNC(=O)c1ccc(O)cc1.I. The van der Waals surface area contributed by atoms with Gasteiger partial charge in [0.2, 0.25) is 0 Å². The van der Waals surface area contributed by atoms with Crippen LogP contribution in [-0.4, -0.2) is 46.4 Å². The van der Waals surface area contributed by atoms with Crippen molar-refractivity contribution >= 4 is 35.8 Å². The second-order valence-electron chi connectivity index (χ2n) is 6.90. The number of amides is 1. The molecule has 1 amide bonds. The molecule has 1 aromatic heterocycles. The smallest absolute Gasteiger partial charge is 0.251 e. The monoisotopic (exact) mass is 548 g/mol. The number of nitrogens with zero attached hydrogens (tertiary/aromatic N) is 3. The van der Waals surface area contributed by atoms with Gasteiger partial charge >= 0.3 is 0 Å². The van der Waals surface area contributed by atoms with E-state index in [1.54, 1.807) is 18.3 Å². The zero-order chi connectivity index (χ0) is 21.9. The first kappa shape index (κ1) is 25.2. The first-order chi connectivity index (χ1) is 15.2. The van der Waals surface area contributed by atoms with Crippen LogP contribution in [-0.2, 0) is 13.1 Å². The molecular formula is C23H29IN6O2. The molecule has 0 saturated heterocycles. The first-order valence-electron chi connectivity index (χ1n) is 10.3. The fourth-order valence-corrected chi connectivity index (χ4v) is 3.01. The lowest BCUT2D eigenvalue weighted by atomic mass is 10.1. The minimum Gasteiger partial charge on any atom is -0.508 e. The second kappa shape index (κ2) is 13.4. The summed E-state index contributed by atoms with van der Waals surface area (Å²) in [5.74, 6) is 0.641. The average molecular weight is 548 g/mol. The number of phenols is 1. The van der Waals surface area contributed by atoms with Gasteiger partial charge in [0.15, 0.2) is 5.96 Å². The second-order valence-corrected chi connectivity index (χ2v) is 6.90. The van der Waals surface area contributed by atoms with Crippen LogP contribution in [0.3, 0.4) is 0 Å². The molecule has 1 heterocycles. The van der Waals surface area contributed by atoms with E-state index < -0.39 is 0 Å². The van der Waals surface area contributed by atoms with Gasteiger partial charge in [0, 0.05) is 37.6 Å². The number of hydrogen-bond donors (Lipinski definition) is 4. The summed E-state index contributed by atoms with van der Waals surface area (Å²) in [7, 11) is 0. The van der Waals surface area contributed by atoms with Crippen LogP contribution in [0, 0.1) is 0 Å². The number of hydrogen-bond acceptors (Lipinski definition) is 4. The number of aliphatic imine (C=N–C) groups is 1. The van der Waals surface area contributed by atoms with Crippen molar-refractivity contribution in [2.45, 2.75) is 20.0 Å². The van der Waals surface area contributed by atoms with E-state index in [2.05, 4.69) is 38.2 Å². The van der Waals surface area contributed by atoms with Crippen molar-refractivity contribution in [3.63, 3.8) is 0 Å². The van der Waals surface area contributed by atoms with Crippen LogP contribution in [0.5, 0.6) is 5.75 Å². The summed E-state index contributed by atoms with van der Waals surface area (Å²) in [6.07, 6.45) is 3.71. The third-order valence-electron chi connectivity index (χ3n) is 4.59. The van der Waals surface area contributed by atoms with E-state index in [0.717, 1.165) is 12.1 Å². The van der Waals surface area contributed by atoms with Crippen molar-refractivity contribution in [2.24, 2.45) is 4.99 Å². The largest absolute Gasteiger partial charge is 0.508 e. The molecule has 4 N–H and O–H groups in total. The summed E-state index contributed by atoms with van der Waals surface area (Å²) in [6.45, 7) is 4.96. The molecule has 3 aromatic rings. The van der Waals surface area contributed by atoms with Gasteiger partial charge < -0.3 is 21.1 Å². The highest BCUT2D eigenvalue weighted by molar-refractivity contribution is 14.0. The Morgan fingerprint density at radius 2 is 1.72 bits per heavy atom. The summed E-state index contributed by atoms with van der Waals surface area (Å²) in [6, 6.07) is 16.3. The Kier molecular flexibility index (Phi) is 10.5. The Labute approximate surface area is 205 Å². The number of benzene rings is 2. The Balaban J connectivity index is 0.00000363. The quantitative estimate of drug-likeness (QED) is 0.143. The number of aromatic hydroxyl groups is 1. The predicted octanol–water partition coefficient (Wildman–Crippen LogP) is 2.74. The summed E-state index contributed by atoms with van der Waals surface area (Å²) < 4.78 is 1.89. The van der Waals surface area contributed by atoms with Gasteiger partial charge in [-0.1, -0.05) is 24.3 Å². The molecular weight excluding hydrogens is 519 g/mol. The molecule has 0 aliphatic carbocycles. The lowest BCUT2D eigenvalue weighted by Crippen LogP contribution is -2.41. The maximum Gasteiger partial charge on any atom is 0.251 e. The van der Waals surface area contributed by atoms with Crippen molar-refractivity contribution in [1.82, 2.24) is 25.7 Å². The Bertz CT molecular complexity index is 990. The van der Waals surface area contributed by atoms with Crippen molar-refractivity contribution in [1.29, 1.82) is 0 Å². The van der Waals surface area contributed by atoms with Gasteiger partial charge in [0.05, 0.1) is 13.1 Å². The number of halogens is 1. The normalized spacial score (nSPS) is 10.8. The highest BCUT2D eigenvalue weighted by atomic mass is 127. The van der Waals surface area contributed by atoms with Gasteiger partial charge in [0.25, 0.3) is 5.91 Å². The van der Waals surface area contributed by atoms with Crippen molar-refractivity contribution in [2.75, 3.05) is 19.6 Å². The molecule has 0 radical (unpaired) electrons. The van der Waals surface area contributed by atoms with Crippen molar-refractivity contribution < 1.29 is 9.90 Å². The van der Waals surface area contributed by atoms with E-state index in [1.165, 1.54) is 17.7 Å². The summed E-state index contributed by atoms with van der Waals surface area (Å²) in [5.41, 5.74) is 2.81. The predicted molar refractivity (Wildman–Crippen MR) is 136 cm³/mol. The molecule has 0 unspecified atom stereocenters. The topological polar surface area (TPSA) is 104 Å². The molecule has 170 valence electrons. The Morgan fingerprint density at radius 3 is 2.41 bits per heavy atom. The van der Waals surface area contributed by atoms with E-state index in [4.69, 9.17) is 0 Å². The highest BCUT2D eigenvalue weighted by Gasteiger charge is 2.06. The van der Waals surface area contributed by atoms with Crippen LogP contribution in [0.1, 0.15) is 28.4 Å². The number of guanidine groups is 1. The molecule has 0 atom stereocenters. The molecule has 0 fully saturated rings. The number of nitrogens with one attached hydrogen (secondary N) is 3. The molecule has 0 spiro atoms. The molecule has 32 heavy (non-hydrogen) atoms. The van der Waals surface area contributed by atoms with Crippen LogP contribution >= 0.6 is 24.0 Å². The van der Waals surface area contributed by atoms with Gasteiger partial charge in [-0.3, -0.25) is 9.48 Å². The molecule has 8 nitrogen and oxygen atoms in total. The maximum absolute atomic E-state index is 12.1. The van der Waals surface area contributed by atoms with Gasteiger partial charge in [-0.25, -0.2) is 4.99 Å². The lowest BCUT2D eigenvalue weighted by molar-refractivity contribution is 0.0954. The number of carbonyl (C=O) groups excluding carboxylic acids is 1. The van der Waals surface area contributed by atoms with Gasteiger partial charge in [-0.05, 0) is 48.4 Å². The Hall–Kier alpha value is -3.08. The maximum atomic E-state index is 12.1. The van der Waals surface area contributed by atoms with E-state index in [9.17, 15) is 9.90 Å². The highest BCUT2D eigenvalue weighted by Crippen LogP contribution is 2.12. The zero-order valence-electron chi connectivity index (χ0n) is 18.0. The number of phenolic OH excluding ortho intramolecular Hbond substituents is 1. The Morgan fingerprint density at radius 1 is 1.00 bits per heavy atom. The van der Waals surface area contributed by atoms with Crippen LogP contribution in [0.25, 0.3) is 0 Å². The molecule has 9 heteroatoms. The van der Waals surface area contributed by atoms with E-state index >= 15 is 0 Å². The number of carbonyl (C=O) groups is 1. The van der Waals surface area contributed by atoms with E-state index in [-0.39, 0.29) is 35.6 Å². The standard InChI is InChI=1S/C23H28N6O2.HI/c1-2-24-23(26-14-13-25-22(31)18-8-10-21(30)11-9-18)27-16-19-6-3-4-7-20(19)17-29-15-5-12-28-29;/h3-12,15,30H,2,13-14,16-17H2,1H3,(H,25,31)(H2,24,26,27);1H. The first-order valence-corrected chi connectivity index (χ1v) is 10.3. The van der Waals surface area contributed by atoms with Crippen LogP contribution in [0.15, 0.2) is 72.0 Å². The lowest BCUT2D eigenvalue weighted by Gasteiger charge is -2.13. The molecule has 0 aliphatic rings. The minimum atomic E-state index is -0.184. The van der Waals surface area contributed by atoms with Crippen molar-refractivity contribution in [3.05, 3.63) is 83.7 Å². The van der Waals surface area contributed by atoms with Crippen LogP contribution in [0.4, 0.5) is 0 Å². The minimum absolute atomic E-state index is 0. The number of rotatable bonds is 9. The van der Waals surface area contributed by atoms with Crippen LogP contribution in [0.2, 0.25) is 0 Å². The average Bonchev–Trinajstić information content (AvgIpc) is 3.29. The third kappa shape index (κ3) is 7.88. The van der Waals surface area contributed by atoms with Crippen molar-refractivity contribution in [3.8, 4) is 5.75 Å². The summed E-state index contributed by atoms with van der Waals surface area (Å²) in [5, 5.41) is 22.9. The zero-order valence-corrected chi connectivity index (χ0v) is 20.3.